The number of nitrogens with zero attached hydrogens (tertiary/aromatic N) is 3. The topological polar surface area (TPSA) is 65.5 Å². The molecule has 1 aromatic rings. The number of carbonyl (C=O) groups is 2. The smallest absolute Gasteiger partial charge is 0.254 e. The van der Waals surface area contributed by atoms with Gasteiger partial charge in [-0.15, -0.1) is 0 Å². The molecule has 6 nitrogen and oxygen atoms in total. The van der Waals surface area contributed by atoms with Gasteiger partial charge in [0.25, 0.3) is 5.91 Å². The zero-order chi connectivity index (χ0) is 22.6. The van der Waals surface area contributed by atoms with E-state index in [0.29, 0.717) is 30.6 Å². The van der Waals surface area contributed by atoms with Gasteiger partial charge in [0.1, 0.15) is 0 Å². The lowest BCUT2D eigenvalue weighted by atomic mass is 9.67. The van der Waals surface area contributed by atoms with Crippen molar-refractivity contribution in [1.29, 1.82) is 0 Å². The van der Waals surface area contributed by atoms with Crippen molar-refractivity contribution >= 4 is 11.8 Å². The van der Waals surface area contributed by atoms with E-state index in [2.05, 4.69) is 29.0 Å². The predicted octanol–water partition coefficient (Wildman–Crippen LogP) is 3.73. The molecule has 0 unspecified atom stereocenters. The summed E-state index contributed by atoms with van der Waals surface area (Å²) in [6.45, 7) is 8.90. The van der Waals surface area contributed by atoms with E-state index in [1.54, 1.807) is 24.5 Å². The SMILES string of the molecule is CC(C)N1CCC(CCNC(=O)[C@H]2CN(C(=O)c3ccncc3)CC23CCCCC3)CC1. The van der Waals surface area contributed by atoms with Crippen molar-refractivity contribution in [2.75, 3.05) is 32.7 Å². The molecule has 2 saturated heterocycles. The molecule has 1 N–H and O–H groups in total. The third-order valence-corrected chi connectivity index (χ3v) is 8.26. The molecule has 1 aliphatic carbocycles. The molecule has 0 aromatic carbocycles. The van der Waals surface area contributed by atoms with E-state index in [9.17, 15) is 9.59 Å². The highest BCUT2D eigenvalue weighted by Gasteiger charge is 2.51. The van der Waals surface area contributed by atoms with Crippen LogP contribution in [-0.2, 0) is 4.79 Å². The van der Waals surface area contributed by atoms with Crippen molar-refractivity contribution in [2.24, 2.45) is 17.3 Å². The average Bonchev–Trinajstić information content (AvgIpc) is 3.18. The van der Waals surface area contributed by atoms with E-state index in [1.807, 2.05) is 4.90 Å². The number of aromatic nitrogens is 1. The van der Waals surface area contributed by atoms with Crippen LogP contribution in [0.4, 0.5) is 0 Å². The number of hydrogen-bond acceptors (Lipinski definition) is 4. The Bertz CT molecular complexity index is 767. The molecule has 6 heteroatoms. The van der Waals surface area contributed by atoms with Crippen molar-refractivity contribution in [3.05, 3.63) is 30.1 Å². The maximum atomic E-state index is 13.3. The maximum absolute atomic E-state index is 13.3. The molecular weight excluding hydrogens is 400 g/mol. The Morgan fingerprint density at radius 1 is 1.12 bits per heavy atom. The Kier molecular flexibility index (Phi) is 7.49. The van der Waals surface area contributed by atoms with E-state index in [-0.39, 0.29) is 23.1 Å². The summed E-state index contributed by atoms with van der Waals surface area (Å²) in [5, 5.41) is 3.28. The molecule has 3 fully saturated rings. The minimum Gasteiger partial charge on any atom is -0.356 e. The first-order valence-corrected chi connectivity index (χ1v) is 12.7. The summed E-state index contributed by atoms with van der Waals surface area (Å²) in [4.78, 5) is 34.9. The first-order chi connectivity index (χ1) is 15.5. The Morgan fingerprint density at radius 2 is 1.81 bits per heavy atom. The standard InChI is InChI=1S/C26H40N4O2/c1-20(2)29-16-9-21(10-17-29)6-15-28-24(31)23-18-30(19-26(23)11-4-3-5-12-26)25(32)22-7-13-27-14-8-22/h7-8,13-14,20-21,23H,3-6,9-12,15-19H2,1-2H3,(H,28,31)/t23-/m1/s1. The second kappa shape index (κ2) is 10.3. The molecule has 3 aliphatic rings. The summed E-state index contributed by atoms with van der Waals surface area (Å²) in [6, 6.07) is 4.17. The number of carbonyl (C=O) groups excluding carboxylic acids is 2. The average molecular weight is 441 g/mol. The van der Waals surface area contributed by atoms with E-state index < -0.39 is 0 Å². The zero-order valence-electron chi connectivity index (χ0n) is 19.9. The molecule has 1 atom stereocenters. The van der Waals surface area contributed by atoms with Crippen LogP contribution in [0.3, 0.4) is 0 Å². The summed E-state index contributed by atoms with van der Waals surface area (Å²) >= 11 is 0. The molecule has 0 bridgehead atoms. The second-order valence-corrected chi connectivity index (χ2v) is 10.5. The van der Waals surface area contributed by atoms with Gasteiger partial charge in [0.05, 0.1) is 5.92 Å². The number of likely N-dealkylation sites (tertiary alicyclic amines) is 2. The van der Waals surface area contributed by atoms with Crippen LogP contribution in [-0.4, -0.2) is 65.4 Å². The Morgan fingerprint density at radius 3 is 2.47 bits per heavy atom. The minimum atomic E-state index is -0.0867. The number of rotatable bonds is 6. The molecule has 2 amide bonds. The van der Waals surface area contributed by atoms with Gasteiger partial charge >= 0.3 is 0 Å². The van der Waals surface area contributed by atoms with Crippen LogP contribution in [0.2, 0.25) is 0 Å². The van der Waals surface area contributed by atoms with E-state index in [0.717, 1.165) is 38.6 Å². The highest BCUT2D eigenvalue weighted by atomic mass is 16.2. The van der Waals surface area contributed by atoms with Crippen LogP contribution < -0.4 is 5.32 Å². The van der Waals surface area contributed by atoms with Gasteiger partial charge in [0, 0.05) is 49.0 Å². The van der Waals surface area contributed by atoms with Crippen molar-refractivity contribution in [1.82, 2.24) is 20.1 Å². The molecule has 1 saturated carbocycles. The lowest BCUT2D eigenvalue weighted by Gasteiger charge is -2.37. The van der Waals surface area contributed by atoms with Crippen LogP contribution in [0.1, 0.15) is 75.6 Å². The van der Waals surface area contributed by atoms with Crippen LogP contribution in [0.25, 0.3) is 0 Å². The molecule has 3 heterocycles. The van der Waals surface area contributed by atoms with Gasteiger partial charge in [-0.3, -0.25) is 14.6 Å². The van der Waals surface area contributed by atoms with Crippen LogP contribution in [0, 0.1) is 17.3 Å². The number of amides is 2. The van der Waals surface area contributed by atoms with Gasteiger partial charge in [0.2, 0.25) is 5.91 Å². The quantitative estimate of drug-likeness (QED) is 0.732. The molecule has 0 radical (unpaired) electrons. The lowest BCUT2D eigenvalue weighted by Crippen LogP contribution is -2.43. The Labute approximate surface area is 193 Å². The van der Waals surface area contributed by atoms with Crippen molar-refractivity contribution in [3.8, 4) is 0 Å². The Hall–Kier alpha value is -1.95. The van der Waals surface area contributed by atoms with Crippen molar-refractivity contribution < 1.29 is 9.59 Å². The predicted molar refractivity (Wildman–Crippen MR) is 126 cm³/mol. The van der Waals surface area contributed by atoms with Gasteiger partial charge in [-0.05, 0) is 77.1 Å². The van der Waals surface area contributed by atoms with Crippen LogP contribution in [0.15, 0.2) is 24.5 Å². The monoisotopic (exact) mass is 440 g/mol. The van der Waals surface area contributed by atoms with Crippen LogP contribution >= 0.6 is 0 Å². The number of nitrogens with one attached hydrogen (secondary N) is 1. The molecule has 4 rings (SSSR count). The fourth-order valence-electron chi connectivity index (χ4n) is 6.20. The van der Waals surface area contributed by atoms with E-state index in [4.69, 9.17) is 0 Å². The summed E-state index contributed by atoms with van der Waals surface area (Å²) in [7, 11) is 0. The van der Waals surface area contributed by atoms with E-state index >= 15 is 0 Å². The summed E-state index contributed by atoms with van der Waals surface area (Å²) in [5.74, 6) is 0.819. The Balaban J connectivity index is 1.34. The number of piperidine rings is 1. The van der Waals surface area contributed by atoms with Gasteiger partial charge in [-0.2, -0.15) is 0 Å². The van der Waals surface area contributed by atoms with Gasteiger partial charge in [0.15, 0.2) is 0 Å². The van der Waals surface area contributed by atoms with Crippen molar-refractivity contribution in [2.45, 2.75) is 71.3 Å². The number of hydrogen-bond donors (Lipinski definition) is 1. The molecule has 2 aliphatic heterocycles. The molecule has 32 heavy (non-hydrogen) atoms. The largest absolute Gasteiger partial charge is 0.356 e. The highest BCUT2D eigenvalue weighted by Crippen LogP contribution is 2.48. The molecule has 176 valence electrons. The summed E-state index contributed by atoms with van der Waals surface area (Å²) in [5.41, 5.74) is 0.618. The lowest BCUT2D eigenvalue weighted by molar-refractivity contribution is -0.128. The first-order valence-electron chi connectivity index (χ1n) is 12.7. The molecule has 1 aromatic heterocycles. The van der Waals surface area contributed by atoms with Crippen LogP contribution in [0.5, 0.6) is 0 Å². The van der Waals surface area contributed by atoms with Gasteiger partial charge < -0.3 is 15.1 Å². The van der Waals surface area contributed by atoms with E-state index in [1.165, 1.54) is 32.4 Å². The fraction of sp³-hybridized carbons (Fsp3) is 0.731. The maximum Gasteiger partial charge on any atom is 0.254 e. The third-order valence-electron chi connectivity index (χ3n) is 8.26. The van der Waals surface area contributed by atoms with Crippen molar-refractivity contribution in [3.63, 3.8) is 0 Å². The first kappa shape index (κ1) is 23.2. The molecule has 1 spiro atoms. The highest BCUT2D eigenvalue weighted by molar-refractivity contribution is 5.95. The molecular formula is C26H40N4O2. The van der Waals surface area contributed by atoms with Gasteiger partial charge in [-0.25, -0.2) is 0 Å². The zero-order valence-corrected chi connectivity index (χ0v) is 19.9. The third kappa shape index (κ3) is 5.16. The summed E-state index contributed by atoms with van der Waals surface area (Å²) < 4.78 is 0. The van der Waals surface area contributed by atoms with Gasteiger partial charge in [-0.1, -0.05) is 19.3 Å². The summed E-state index contributed by atoms with van der Waals surface area (Å²) in [6.07, 6.45) is 12.5. The second-order valence-electron chi connectivity index (χ2n) is 10.5. The minimum absolute atomic E-state index is 0.0320. The fourth-order valence-corrected chi connectivity index (χ4v) is 6.20. The normalized spacial score (nSPS) is 24.2. The number of pyridine rings is 1.